The summed E-state index contributed by atoms with van der Waals surface area (Å²) in [5.74, 6) is -1.36. The highest BCUT2D eigenvalue weighted by Gasteiger charge is 2.16. The van der Waals surface area contributed by atoms with Gasteiger partial charge in [-0.1, -0.05) is 12.1 Å². The third-order valence-electron chi connectivity index (χ3n) is 2.26. The van der Waals surface area contributed by atoms with Gasteiger partial charge in [0.25, 0.3) is 0 Å². The lowest BCUT2D eigenvalue weighted by atomic mass is 10.0. The van der Waals surface area contributed by atoms with Gasteiger partial charge in [-0.05, 0) is 24.6 Å². The van der Waals surface area contributed by atoms with E-state index in [-0.39, 0.29) is 12.4 Å². The Balaban J connectivity index is 2.59. The normalized spacial score (nSPS) is 14.4. The van der Waals surface area contributed by atoms with Gasteiger partial charge >= 0.3 is 5.97 Å². The van der Waals surface area contributed by atoms with Crippen LogP contribution in [-0.2, 0) is 4.79 Å². The van der Waals surface area contributed by atoms with Crippen LogP contribution in [0.1, 0.15) is 18.6 Å². The number of carbonyl (C=O) groups is 1. The number of aliphatic hydroxyl groups excluding tert-OH is 1. The topological polar surface area (TPSA) is 69.6 Å². The van der Waals surface area contributed by atoms with Gasteiger partial charge in [0.05, 0.1) is 12.6 Å². The summed E-state index contributed by atoms with van der Waals surface area (Å²) in [5, 5.41) is 20.9. The number of carboxylic acids is 1. The number of hydrogen-bond acceptors (Lipinski definition) is 3. The molecule has 0 heterocycles. The highest BCUT2D eigenvalue weighted by atomic mass is 19.1. The van der Waals surface area contributed by atoms with Crippen LogP contribution in [-0.4, -0.2) is 28.8 Å². The standard InChI is InChI=1S/C11H14FNO3/c1-7(13-6-10(14)15)11(16)8-2-4-9(12)5-3-8/h2-5,7,11,13,16H,6H2,1H3,(H,14,15). The second kappa shape index (κ2) is 5.58. The van der Waals surface area contributed by atoms with Crippen LogP contribution >= 0.6 is 0 Å². The Labute approximate surface area is 92.7 Å². The minimum Gasteiger partial charge on any atom is -0.480 e. The number of rotatable bonds is 5. The summed E-state index contributed by atoms with van der Waals surface area (Å²) in [7, 11) is 0. The van der Waals surface area contributed by atoms with E-state index in [2.05, 4.69) is 5.32 Å². The molecule has 88 valence electrons. The lowest BCUT2D eigenvalue weighted by Gasteiger charge is -2.19. The van der Waals surface area contributed by atoms with E-state index >= 15 is 0 Å². The number of nitrogens with one attached hydrogen (secondary N) is 1. The Hall–Kier alpha value is -1.46. The zero-order valence-corrected chi connectivity index (χ0v) is 8.85. The molecule has 5 heteroatoms. The van der Waals surface area contributed by atoms with Crippen molar-refractivity contribution in [3.05, 3.63) is 35.6 Å². The van der Waals surface area contributed by atoms with Crippen molar-refractivity contribution < 1.29 is 19.4 Å². The Morgan fingerprint density at radius 1 is 1.44 bits per heavy atom. The van der Waals surface area contributed by atoms with Crippen LogP contribution in [0.4, 0.5) is 4.39 Å². The third-order valence-corrected chi connectivity index (χ3v) is 2.26. The van der Waals surface area contributed by atoms with Crippen molar-refractivity contribution in [2.24, 2.45) is 0 Å². The van der Waals surface area contributed by atoms with Gasteiger partial charge in [0, 0.05) is 6.04 Å². The molecule has 0 aliphatic heterocycles. The third kappa shape index (κ3) is 3.60. The van der Waals surface area contributed by atoms with Crippen LogP contribution in [0.25, 0.3) is 0 Å². The number of benzene rings is 1. The fourth-order valence-corrected chi connectivity index (χ4v) is 1.31. The van der Waals surface area contributed by atoms with Crippen LogP contribution < -0.4 is 5.32 Å². The highest BCUT2D eigenvalue weighted by molar-refractivity contribution is 5.69. The molecule has 2 atom stereocenters. The summed E-state index contributed by atoms with van der Waals surface area (Å²) in [6.07, 6.45) is -0.861. The average molecular weight is 227 g/mol. The monoisotopic (exact) mass is 227 g/mol. The van der Waals surface area contributed by atoms with Gasteiger partial charge in [-0.2, -0.15) is 0 Å². The summed E-state index contributed by atoms with van der Waals surface area (Å²) in [6, 6.07) is 5.03. The number of carboxylic acid groups (broad SMARTS) is 1. The van der Waals surface area contributed by atoms with Gasteiger partial charge in [0.2, 0.25) is 0 Å². The lowest BCUT2D eigenvalue weighted by molar-refractivity contribution is -0.136. The molecule has 3 N–H and O–H groups in total. The number of halogens is 1. The summed E-state index contributed by atoms with van der Waals surface area (Å²) >= 11 is 0. The van der Waals surface area contributed by atoms with E-state index in [1.54, 1.807) is 6.92 Å². The first-order chi connectivity index (χ1) is 7.50. The van der Waals surface area contributed by atoms with E-state index in [4.69, 9.17) is 5.11 Å². The van der Waals surface area contributed by atoms with Crippen molar-refractivity contribution >= 4 is 5.97 Å². The number of aliphatic hydroxyl groups is 1. The summed E-state index contributed by atoms with van der Waals surface area (Å²) in [4.78, 5) is 10.3. The predicted octanol–water partition coefficient (Wildman–Crippen LogP) is 0.922. The highest BCUT2D eigenvalue weighted by Crippen LogP contribution is 2.16. The Morgan fingerprint density at radius 3 is 2.50 bits per heavy atom. The van der Waals surface area contributed by atoms with Gasteiger partial charge in [-0.3, -0.25) is 4.79 Å². The van der Waals surface area contributed by atoms with E-state index < -0.39 is 18.1 Å². The first-order valence-corrected chi connectivity index (χ1v) is 4.89. The minimum absolute atomic E-state index is 0.223. The molecule has 0 bridgehead atoms. The molecule has 4 nitrogen and oxygen atoms in total. The molecule has 1 aromatic rings. The van der Waals surface area contributed by atoms with Crippen molar-refractivity contribution in [2.45, 2.75) is 19.1 Å². The van der Waals surface area contributed by atoms with Crippen molar-refractivity contribution in [1.82, 2.24) is 5.32 Å². The second-order valence-electron chi connectivity index (χ2n) is 3.56. The van der Waals surface area contributed by atoms with Gasteiger partial charge in [-0.25, -0.2) is 4.39 Å². The van der Waals surface area contributed by atoms with Crippen molar-refractivity contribution in [2.75, 3.05) is 6.54 Å². The number of hydrogen-bond donors (Lipinski definition) is 3. The van der Waals surface area contributed by atoms with Gasteiger partial charge in [0.15, 0.2) is 0 Å². The zero-order valence-electron chi connectivity index (χ0n) is 8.85. The first kappa shape index (κ1) is 12.6. The maximum Gasteiger partial charge on any atom is 0.317 e. The molecule has 2 unspecified atom stereocenters. The van der Waals surface area contributed by atoms with Crippen LogP contribution in [0, 0.1) is 5.82 Å². The molecule has 0 aromatic heterocycles. The van der Waals surface area contributed by atoms with Crippen LogP contribution in [0.5, 0.6) is 0 Å². The smallest absolute Gasteiger partial charge is 0.317 e. The Morgan fingerprint density at radius 2 is 2.00 bits per heavy atom. The second-order valence-corrected chi connectivity index (χ2v) is 3.56. The summed E-state index contributed by atoms with van der Waals surface area (Å²) in [6.45, 7) is 1.44. The maximum atomic E-state index is 12.6. The molecule has 0 saturated heterocycles. The molecule has 0 fully saturated rings. The molecular weight excluding hydrogens is 213 g/mol. The van der Waals surface area contributed by atoms with Gasteiger partial charge in [-0.15, -0.1) is 0 Å². The molecule has 1 aromatic carbocycles. The van der Waals surface area contributed by atoms with E-state index in [9.17, 15) is 14.3 Å². The van der Waals surface area contributed by atoms with Crippen molar-refractivity contribution in [3.8, 4) is 0 Å². The van der Waals surface area contributed by atoms with Crippen LogP contribution in [0.3, 0.4) is 0 Å². The average Bonchev–Trinajstić information content (AvgIpc) is 2.26. The number of aliphatic carboxylic acids is 1. The molecule has 16 heavy (non-hydrogen) atoms. The Bertz CT molecular complexity index is 353. The largest absolute Gasteiger partial charge is 0.480 e. The zero-order chi connectivity index (χ0) is 12.1. The van der Waals surface area contributed by atoms with Gasteiger partial charge < -0.3 is 15.5 Å². The van der Waals surface area contributed by atoms with E-state index in [1.807, 2.05) is 0 Å². The summed E-state index contributed by atoms with van der Waals surface area (Å²) < 4.78 is 12.6. The molecular formula is C11H14FNO3. The molecule has 0 aliphatic carbocycles. The lowest BCUT2D eigenvalue weighted by Crippen LogP contribution is -2.35. The van der Waals surface area contributed by atoms with Crippen molar-refractivity contribution in [3.63, 3.8) is 0 Å². The fourth-order valence-electron chi connectivity index (χ4n) is 1.31. The Kier molecular flexibility index (Phi) is 4.39. The first-order valence-electron chi connectivity index (χ1n) is 4.89. The molecule has 0 spiro atoms. The SMILES string of the molecule is CC(NCC(=O)O)C(O)c1ccc(F)cc1. The van der Waals surface area contributed by atoms with Crippen LogP contribution in [0.2, 0.25) is 0 Å². The quantitative estimate of drug-likeness (QED) is 0.699. The molecule has 0 aliphatic rings. The fraction of sp³-hybridized carbons (Fsp3) is 0.364. The van der Waals surface area contributed by atoms with E-state index in [0.717, 1.165) is 0 Å². The molecule has 0 saturated carbocycles. The van der Waals surface area contributed by atoms with Gasteiger partial charge in [0.1, 0.15) is 5.82 Å². The van der Waals surface area contributed by atoms with Crippen LogP contribution in [0.15, 0.2) is 24.3 Å². The van der Waals surface area contributed by atoms with E-state index in [1.165, 1.54) is 24.3 Å². The molecule has 1 rings (SSSR count). The minimum atomic E-state index is -0.988. The maximum absolute atomic E-state index is 12.6. The predicted molar refractivity (Wildman–Crippen MR) is 56.5 cm³/mol. The van der Waals surface area contributed by atoms with E-state index in [0.29, 0.717) is 5.56 Å². The van der Waals surface area contributed by atoms with Crippen molar-refractivity contribution in [1.29, 1.82) is 0 Å². The summed E-state index contributed by atoms with van der Waals surface area (Å²) in [5.41, 5.74) is 0.548. The molecule has 0 radical (unpaired) electrons. The molecule has 0 amide bonds.